The summed E-state index contributed by atoms with van der Waals surface area (Å²) in [5.74, 6) is 0.879. The number of hydrogen-bond donors (Lipinski definition) is 1. The van der Waals surface area contributed by atoms with Crippen molar-refractivity contribution in [3.05, 3.63) is 35.7 Å². The molecule has 1 unspecified atom stereocenters. The smallest absolute Gasteiger partial charge is 0.258 e. The summed E-state index contributed by atoms with van der Waals surface area (Å²) in [6.45, 7) is 3.03. The lowest BCUT2D eigenvalue weighted by atomic mass is 10.1. The SMILES string of the molecule is Cc1noc(-c2ccccc2C(=O)N2CCC(N)C2)n1. The van der Waals surface area contributed by atoms with Gasteiger partial charge in [0.1, 0.15) is 0 Å². The van der Waals surface area contributed by atoms with E-state index in [1.54, 1.807) is 17.9 Å². The van der Waals surface area contributed by atoms with Gasteiger partial charge in [-0.25, -0.2) is 0 Å². The Labute approximate surface area is 116 Å². The second-order valence-corrected chi connectivity index (χ2v) is 4.99. The number of carbonyl (C=O) groups is 1. The van der Waals surface area contributed by atoms with E-state index < -0.39 is 0 Å². The van der Waals surface area contributed by atoms with Crippen molar-refractivity contribution in [1.29, 1.82) is 0 Å². The highest BCUT2D eigenvalue weighted by Gasteiger charge is 2.27. The molecule has 20 heavy (non-hydrogen) atoms. The number of nitrogens with two attached hydrogens (primary N) is 1. The van der Waals surface area contributed by atoms with Gasteiger partial charge in [-0.2, -0.15) is 4.98 Å². The zero-order valence-corrected chi connectivity index (χ0v) is 11.2. The van der Waals surface area contributed by atoms with Crippen LogP contribution in [-0.4, -0.2) is 40.1 Å². The Balaban J connectivity index is 1.95. The van der Waals surface area contributed by atoms with Gasteiger partial charge < -0.3 is 15.2 Å². The second-order valence-electron chi connectivity index (χ2n) is 4.99. The van der Waals surface area contributed by atoms with Gasteiger partial charge in [0.05, 0.1) is 11.1 Å². The third kappa shape index (κ3) is 2.30. The van der Waals surface area contributed by atoms with Crippen LogP contribution in [0.1, 0.15) is 22.6 Å². The Morgan fingerprint density at radius 3 is 2.90 bits per heavy atom. The molecule has 6 nitrogen and oxygen atoms in total. The quantitative estimate of drug-likeness (QED) is 0.888. The molecule has 3 rings (SSSR count). The average Bonchev–Trinajstić information content (AvgIpc) is 3.07. The summed E-state index contributed by atoms with van der Waals surface area (Å²) < 4.78 is 5.17. The fourth-order valence-electron chi connectivity index (χ4n) is 2.40. The molecule has 0 radical (unpaired) electrons. The van der Waals surface area contributed by atoms with Crippen LogP contribution in [0.2, 0.25) is 0 Å². The molecule has 0 bridgehead atoms. The van der Waals surface area contributed by atoms with E-state index in [9.17, 15) is 4.79 Å². The molecule has 1 aliphatic rings. The topological polar surface area (TPSA) is 85.2 Å². The first-order valence-electron chi connectivity index (χ1n) is 6.59. The number of aryl methyl sites for hydroxylation is 1. The molecule has 2 N–H and O–H groups in total. The van der Waals surface area contributed by atoms with Gasteiger partial charge in [-0.05, 0) is 25.5 Å². The molecule has 1 aliphatic heterocycles. The van der Waals surface area contributed by atoms with Crippen molar-refractivity contribution in [1.82, 2.24) is 15.0 Å². The molecule has 2 heterocycles. The van der Waals surface area contributed by atoms with Crippen LogP contribution in [0.5, 0.6) is 0 Å². The highest BCUT2D eigenvalue weighted by molar-refractivity contribution is 6.00. The van der Waals surface area contributed by atoms with Crippen LogP contribution in [0.15, 0.2) is 28.8 Å². The van der Waals surface area contributed by atoms with Crippen molar-refractivity contribution in [3.8, 4) is 11.5 Å². The predicted octanol–water partition coefficient (Wildman–Crippen LogP) is 1.22. The number of amides is 1. The molecule has 1 aromatic heterocycles. The van der Waals surface area contributed by atoms with Crippen LogP contribution in [0.3, 0.4) is 0 Å². The largest absolute Gasteiger partial charge is 0.337 e. The summed E-state index contributed by atoms with van der Waals surface area (Å²) in [7, 11) is 0. The first-order valence-corrected chi connectivity index (χ1v) is 6.59. The van der Waals surface area contributed by atoms with Crippen LogP contribution in [-0.2, 0) is 0 Å². The first-order chi connectivity index (χ1) is 9.65. The van der Waals surface area contributed by atoms with Gasteiger partial charge in [0.2, 0.25) is 0 Å². The zero-order valence-electron chi connectivity index (χ0n) is 11.2. The lowest BCUT2D eigenvalue weighted by Crippen LogP contribution is -2.32. The van der Waals surface area contributed by atoms with Gasteiger partial charge in [-0.3, -0.25) is 4.79 Å². The Morgan fingerprint density at radius 1 is 1.45 bits per heavy atom. The van der Waals surface area contributed by atoms with Crippen LogP contribution < -0.4 is 5.73 Å². The van der Waals surface area contributed by atoms with E-state index >= 15 is 0 Å². The van der Waals surface area contributed by atoms with E-state index in [1.807, 2.05) is 18.2 Å². The maximum absolute atomic E-state index is 12.6. The molecule has 0 aliphatic carbocycles. The van der Waals surface area contributed by atoms with Crippen LogP contribution in [0.4, 0.5) is 0 Å². The molecule has 1 saturated heterocycles. The van der Waals surface area contributed by atoms with Gasteiger partial charge in [0.25, 0.3) is 11.8 Å². The Kier molecular flexibility index (Phi) is 3.23. The molecule has 1 atom stereocenters. The van der Waals surface area contributed by atoms with Crippen LogP contribution in [0, 0.1) is 6.92 Å². The summed E-state index contributed by atoms with van der Waals surface area (Å²) in [5.41, 5.74) is 7.10. The van der Waals surface area contributed by atoms with Crippen molar-refractivity contribution in [2.24, 2.45) is 5.73 Å². The van der Waals surface area contributed by atoms with E-state index in [0.717, 1.165) is 6.42 Å². The van der Waals surface area contributed by atoms with Gasteiger partial charge in [-0.15, -0.1) is 0 Å². The lowest BCUT2D eigenvalue weighted by Gasteiger charge is -2.17. The van der Waals surface area contributed by atoms with Crippen molar-refractivity contribution in [2.45, 2.75) is 19.4 Å². The fraction of sp³-hybridized carbons (Fsp3) is 0.357. The van der Waals surface area contributed by atoms with E-state index in [2.05, 4.69) is 10.1 Å². The predicted molar refractivity (Wildman–Crippen MR) is 73.0 cm³/mol. The van der Waals surface area contributed by atoms with Gasteiger partial charge >= 0.3 is 0 Å². The summed E-state index contributed by atoms with van der Waals surface area (Å²) in [4.78, 5) is 18.5. The van der Waals surface area contributed by atoms with Crippen molar-refractivity contribution in [3.63, 3.8) is 0 Å². The Bertz CT molecular complexity index is 638. The van der Waals surface area contributed by atoms with E-state index in [-0.39, 0.29) is 11.9 Å². The molecule has 6 heteroatoms. The maximum atomic E-state index is 12.6. The number of carbonyl (C=O) groups excluding carboxylic acids is 1. The third-order valence-electron chi connectivity index (χ3n) is 3.43. The number of benzene rings is 1. The molecule has 1 amide bonds. The standard InChI is InChI=1S/C14H16N4O2/c1-9-16-13(20-17-9)11-4-2-3-5-12(11)14(19)18-7-6-10(15)8-18/h2-5,10H,6-8,15H2,1H3. The second kappa shape index (κ2) is 5.05. The fourth-order valence-corrected chi connectivity index (χ4v) is 2.40. The minimum Gasteiger partial charge on any atom is -0.337 e. The highest BCUT2D eigenvalue weighted by atomic mass is 16.5. The number of nitrogens with zero attached hydrogens (tertiary/aromatic N) is 3. The normalized spacial score (nSPS) is 18.5. The third-order valence-corrected chi connectivity index (χ3v) is 3.43. The van der Waals surface area contributed by atoms with Gasteiger partial charge in [0.15, 0.2) is 5.82 Å². The molecule has 1 aromatic carbocycles. The molecule has 0 saturated carbocycles. The average molecular weight is 272 g/mol. The monoisotopic (exact) mass is 272 g/mol. The molecule has 0 spiro atoms. The molecule has 104 valence electrons. The highest BCUT2D eigenvalue weighted by Crippen LogP contribution is 2.24. The summed E-state index contributed by atoms with van der Waals surface area (Å²) in [6.07, 6.45) is 0.841. The van der Waals surface area contributed by atoms with Crippen molar-refractivity contribution < 1.29 is 9.32 Å². The minimum atomic E-state index is -0.0376. The van der Waals surface area contributed by atoms with Gasteiger partial charge in [0, 0.05) is 19.1 Å². The Morgan fingerprint density at radius 2 is 2.25 bits per heavy atom. The number of likely N-dealkylation sites (tertiary alicyclic amines) is 1. The van der Waals surface area contributed by atoms with Crippen LogP contribution >= 0.6 is 0 Å². The molecular weight excluding hydrogens is 256 g/mol. The number of aromatic nitrogens is 2. The van der Waals surface area contributed by atoms with Gasteiger partial charge in [-0.1, -0.05) is 17.3 Å². The van der Waals surface area contributed by atoms with Crippen LogP contribution in [0.25, 0.3) is 11.5 Å². The number of rotatable bonds is 2. The maximum Gasteiger partial charge on any atom is 0.258 e. The lowest BCUT2D eigenvalue weighted by molar-refractivity contribution is 0.0791. The summed E-state index contributed by atoms with van der Waals surface area (Å²) in [5, 5.41) is 3.77. The van der Waals surface area contributed by atoms with E-state index in [4.69, 9.17) is 10.3 Å². The summed E-state index contributed by atoms with van der Waals surface area (Å²) in [6, 6.07) is 7.34. The van der Waals surface area contributed by atoms with Crippen molar-refractivity contribution in [2.75, 3.05) is 13.1 Å². The molecule has 2 aromatic rings. The first kappa shape index (κ1) is 12.8. The molecule has 1 fully saturated rings. The van der Waals surface area contributed by atoms with E-state index in [0.29, 0.717) is 35.9 Å². The van der Waals surface area contributed by atoms with E-state index in [1.165, 1.54) is 0 Å². The summed E-state index contributed by atoms with van der Waals surface area (Å²) >= 11 is 0. The van der Waals surface area contributed by atoms with Crippen molar-refractivity contribution >= 4 is 5.91 Å². The Hall–Kier alpha value is -2.21. The number of hydrogen-bond acceptors (Lipinski definition) is 5. The minimum absolute atomic E-state index is 0.0376. The zero-order chi connectivity index (χ0) is 14.1. The molecular formula is C14H16N4O2.